The number of halogens is 2. The van der Waals surface area contributed by atoms with Crippen LogP contribution in [0.2, 0.25) is 5.28 Å². The number of rotatable bonds is 2. The second-order valence-corrected chi connectivity index (χ2v) is 5.71. The molecule has 1 saturated heterocycles. The van der Waals surface area contributed by atoms with Crippen molar-refractivity contribution in [3.8, 4) is 5.75 Å². The van der Waals surface area contributed by atoms with Gasteiger partial charge >= 0.3 is 0 Å². The van der Waals surface area contributed by atoms with E-state index >= 15 is 0 Å². The first-order chi connectivity index (χ1) is 9.19. The number of fused-ring (bicyclic) bond motifs is 1. The maximum atomic E-state index is 6.05. The molecule has 6 heteroatoms. The van der Waals surface area contributed by atoms with E-state index in [0.29, 0.717) is 0 Å². The number of ether oxygens (including phenoxy) is 1. The normalized spacial score (nSPS) is 15.2. The van der Waals surface area contributed by atoms with E-state index in [1.807, 2.05) is 12.1 Å². The summed E-state index contributed by atoms with van der Waals surface area (Å²) in [5, 5.41) is 1.27. The standard InChI is InChI=1S/C13H13BrClN3O/c1-19-8-6-9(14)11-10(7-8)16-13(15)17-12(11)18-4-2-3-5-18/h6-7H,2-5H2,1H3. The molecule has 0 N–H and O–H groups in total. The Kier molecular flexibility index (Phi) is 3.50. The van der Waals surface area contributed by atoms with E-state index in [1.54, 1.807) is 7.11 Å². The van der Waals surface area contributed by atoms with Crippen molar-refractivity contribution in [1.29, 1.82) is 0 Å². The molecule has 3 rings (SSSR count). The lowest BCUT2D eigenvalue weighted by molar-refractivity contribution is 0.415. The summed E-state index contributed by atoms with van der Waals surface area (Å²) >= 11 is 9.63. The molecule has 0 spiro atoms. The van der Waals surface area contributed by atoms with Gasteiger partial charge < -0.3 is 9.64 Å². The fourth-order valence-electron chi connectivity index (χ4n) is 2.42. The molecule has 0 unspecified atom stereocenters. The first-order valence-corrected chi connectivity index (χ1v) is 7.32. The third kappa shape index (κ3) is 2.37. The highest BCUT2D eigenvalue weighted by molar-refractivity contribution is 9.10. The van der Waals surface area contributed by atoms with Gasteiger partial charge in [0.2, 0.25) is 5.28 Å². The molecule has 0 atom stereocenters. The minimum atomic E-state index is 0.273. The van der Waals surface area contributed by atoms with Gasteiger partial charge in [0.25, 0.3) is 0 Å². The Labute approximate surface area is 124 Å². The average molecular weight is 343 g/mol. The summed E-state index contributed by atoms with van der Waals surface area (Å²) in [5.74, 6) is 1.66. The number of hydrogen-bond donors (Lipinski definition) is 0. The number of anilines is 1. The van der Waals surface area contributed by atoms with Gasteiger partial charge in [0.1, 0.15) is 11.6 Å². The van der Waals surface area contributed by atoms with Crippen LogP contribution in [0.15, 0.2) is 16.6 Å². The molecule has 2 aromatic rings. The van der Waals surface area contributed by atoms with Crippen LogP contribution in [0.1, 0.15) is 12.8 Å². The third-order valence-electron chi connectivity index (χ3n) is 3.32. The SMILES string of the molecule is COc1cc(Br)c2c(N3CCCC3)nc(Cl)nc2c1. The van der Waals surface area contributed by atoms with Crippen LogP contribution >= 0.6 is 27.5 Å². The van der Waals surface area contributed by atoms with Gasteiger partial charge in [-0.2, -0.15) is 4.98 Å². The number of benzene rings is 1. The van der Waals surface area contributed by atoms with Gasteiger partial charge in [0.15, 0.2) is 0 Å². The van der Waals surface area contributed by atoms with Gasteiger partial charge in [-0.25, -0.2) is 4.98 Å². The highest BCUT2D eigenvalue weighted by Gasteiger charge is 2.20. The summed E-state index contributed by atoms with van der Waals surface area (Å²) in [5.41, 5.74) is 0.799. The van der Waals surface area contributed by atoms with E-state index in [4.69, 9.17) is 16.3 Å². The maximum absolute atomic E-state index is 6.05. The zero-order valence-electron chi connectivity index (χ0n) is 10.5. The van der Waals surface area contributed by atoms with Gasteiger partial charge in [-0.1, -0.05) is 0 Å². The monoisotopic (exact) mass is 341 g/mol. The Bertz CT molecular complexity index is 629. The molecule has 0 bridgehead atoms. The van der Waals surface area contributed by atoms with E-state index in [1.165, 1.54) is 12.8 Å². The van der Waals surface area contributed by atoms with Crippen molar-refractivity contribution in [1.82, 2.24) is 9.97 Å². The smallest absolute Gasteiger partial charge is 0.224 e. The summed E-state index contributed by atoms with van der Waals surface area (Å²) in [7, 11) is 1.64. The average Bonchev–Trinajstić information content (AvgIpc) is 2.90. The van der Waals surface area contributed by atoms with Crippen molar-refractivity contribution in [2.45, 2.75) is 12.8 Å². The van der Waals surface area contributed by atoms with Crippen LogP contribution in [-0.2, 0) is 0 Å². The van der Waals surface area contributed by atoms with Gasteiger partial charge in [-0.15, -0.1) is 0 Å². The zero-order valence-corrected chi connectivity index (χ0v) is 12.8. The summed E-state index contributed by atoms with van der Waals surface area (Å²) in [4.78, 5) is 11.0. The van der Waals surface area contributed by atoms with Crippen LogP contribution in [0.25, 0.3) is 10.9 Å². The molecule has 1 aliphatic heterocycles. The van der Waals surface area contributed by atoms with Crippen LogP contribution in [0.5, 0.6) is 5.75 Å². The number of hydrogen-bond acceptors (Lipinski definition) is 4. The summed E-state index contributed by atoms with van der Waals surface area (Å²) in [6.45, 7) is 2.03. The van der Waals surface area contributed by atoms with Gasteiger partial charge in [-0.3, -0.25) is 0 Å². The number of aromatic nitrogens is 2. The quantitative estimate of drug-likeness (QED) is 0.781. The topological polar surface area (TPSA) is 38.2 Å². The van der Waals surface area contributed by atoms with Gasteiger partial charge in [0, 0.05) is 23.6 Å². The summed E-state index contributed by atoms with van der Waals surface area (Å²) < 4.78 is 6.19. The molecule has 1 aliphatic rings. The van der Waals surface area contributed by atoms with Crippen LogP contribution < -0.4 is 9.64 Å². The minimum Gasteiger partial charge on any atom is -0.497 e. The molecule has 1 fully saturated rings. The highest BCUT2D eigenvalue weighted by Crippen LogP contribution is 2.36. The van der Waals surface area contributed by atoms with Crippen molar-refractivity contribution in [2.75, 3.05) is 25.1 Å². The molecule has 4 nitrogen and oxygen atoms in total. The van der Waals surface area contributed by atoms with E-state index in [2.05, 4.69) is 30.8 Å². The van der Waals surface area contributed by atoms with Crippen molar-refractivity contribution in [2.24, 2.45) is 0 Å². The highest BCUT2D eigenvalue weighted by atomic mass is 79.9. The molecular weight excluding hydrogens is 330 g/mol. The molecule has 100 valence electrons. The third-order valence-corrected chi connectivity index (χ3v) is 4.11. The van der Waals surface area contributed by atoms with Gasteiger partial charge in [0.05, 0.1) is 18.0 Å². The molecule has 0 amide bonds. The van der Waals surface area contributed by atoms with Crippen LogP contribution in [0.3, 0.4) is 0 Å². The van der Waals surface area contributed by atoms with E-state index in [-0.39, 0.29) is 5.28 Å². The van der Waals surface area contributed by atoms with Crippen LogP contribution in [-0.4, -0.2) is 30.2 Å². The molecule has 2 heterocycles. The van der Waals surface area contributed by atoms with Crippen LogP contribution in [0, 0.1) is 0 Å². The predicted octanol–water partition coefficient (Wildman–Crippen LogP) is 3.65. The van der Waals surface area contributed by atoms with Gasteiger partial charge in [-0.05, 0) is 46.4 Å². The lowest BCUT2D eigenvalue weighted by Gasteiger charge is -2.19. The summed E-state index contributed by atoms with van der Waals surface area (Å²) in [6, 6.07) is 3.81. The van der Waals surface area contributed by atoms with E-state index in [0.717, 1.165) is 40.0 Å². The van der Waals surface area contributed by atoms with Crippen molar-refractivity contribution < 1.29 is 4.74 Å². The first kappa shape index (κ1) is 12.9. The Morgan fingerprint density at radius 3 is 2.68 bits per heavy atom. The number of methoxy groups -OCH3 is 1. The molecule has 1 aromatic carbocycles. The second kappa shape index (κ2) is 5.13. The van der Waals surface area contributed by atoms with E-state index in [9.17, 15) is 0 Å². The molecule has 1 aromatic heterocycles. The summed E-state index contributed by atoms with van der Waals surface area (Å²) in [6.07, 6.45) is 2.38. The zero-order chi connectivity index (χ0) is 13.4. The molecule has 0 aliphatic carbocycles. The van der Waals surface area contributed by atoms with Crippen molar-refractivity contribution >= 4 is 44.3 Å². The molecule has 19 heavy (non-hydrogen) atoms. The first-order valence-electron chi connectivity index (χ1n) is 6.15. The molecular formula is C13H13BrClN3O. The Hall–Kier alpha value is -1.07. The molecule has 0 radical (unpaired) electrons. The second-order valence-electron chi connectivity index (χ2n) is 4.51. The number of nitrogens with zero attached hydrogens (tertiary/aromatic N) is 3. The lowest BCUT2D eigenvalue weighted by atomic mass is 10.2. The van der Waals surface area contributed by atoms with Crippen molar-refractivity contribution in [3.63, 3.8) is 0 Å². The molecule has 0 saturated carbocycles. The maximum Gasteiger partial charge on any atom is 0.224 e. The largest absolute Gasteiger partial charge is 0.497 e. The van der Waals surface area contributed by atoms with Crippen molar-refractivity contribution in [3.05, 3.63) is 21.9 Å². The fraction of sp³-hybridized carbons (Fsp3) is 0.385. The predicted molar refractivity (Wildman–Crippen MR) is 80.2 cm³/mol. The Balaban J connectivity index is 2.25. The Morgan fingerprint density at radius 1 is 1.26 bits per heavy atom. The minimum absolute atomic E-state index is 0.273. The fourth-order valence-corrected chi connectivity index (χ4v) is 3.20. The Morgan fingerprint density at radius 2 is 2.00 bits per heavy atom. The van der Waals surface area contributed by atoms with E-state index < -0.39 is 0 Å². The van der Waals surface area contributed by atoms with Crippen LogP contribution in [0.4, 0.5) is 5.82 Å². The lowest BCUT2D eigenvalue weighted by Crippen LogP contribution is -2.19.